The van der Waals surface area contributed by atoms with E-state index in [9.17, 15) is 4.79 Å². The highest BCUT2D eigenvalue weighted by molar-refractivity contribution is 5.99. The number of aromatic nitrogens is 5. The Balaban J connectivity index is 1.48. The van der Waals surface area contributed by atoms with Gasteiger partial charge in [-0.25, -0.2) is 14.8 Å². The van der Waals surface area contributed by atoms with Crippen molar-refractivity contribution in [2.75, 3.05) is 10.6 Å². The smallest absolute Gasteiger partial charge is 0.323 e. The lowest BCUT2D eigenvalue weighted by Crippen LogP contribution is -2.19. The van der Waals surface area contributed by atoms with Gasteiger partial charge in [0.15, 0.2) is 5.65 Å². The molecular weight excluding hydrogens is 334 g/mol. The largest absolute Gasteiger partial charge is 0.438 e. The van der Waals surface area contributed by atoms with Crippen molar-refractivity contribution in [3.63, 3.8) is 0 Å². The summed E-state index contributed by atoms with van der Waals surface area (Å²) >= 11 is 0. The summed E-state index contributed by atoms with van der Waals surface area (Å²) in [5.41, 5.74) is 1.75. The molecule has 3 N–H and O–H groups in total. The van der Waals surface area contributed by atoms with Crippen LogP contribution in [0.15, 0.2) is 61.3 Å². The quantitative estimate of drug-likeness (QED) is 0.522. The molecule has 0 atom stereocenters. The molecule has 3 heterocycles. The van der Waals surface area contributed by atoms with E-state index in [0.717, 1.165) is 0 Å². The van der Waals surface area contributed by atoms with E-state index in [2.05, 4.69) is 35.8 Å². The van der Waals surface area contributed by atoms with Crippen molar-refractivity contribution in [3.05, 3.63) is 61.3 Å². The molecule has 4 aromatic rings. The zero-order valence-electron chi connectivity index (χ0n) is 13.4. The molecule has 0 saturated carbocycles. The molecule has 9 nitrogen and oxygen atoms in total. The van der Waals surface area contributed by atoms with Gasteiger partial charge in [-0.1, -0.05) is 6.07 Å². The summed E-state index contributed by atoms with van der Waals surface area (Å²) in [5, 5.41) is 12.8. The Morgan fingerprint density at radius 3 is 2.81 bits per heavy atom. The van der Waals surface area contributed by atoms with Gasteiger partial charge in [0.1, 0.15) is 17.5 Å². The SMILES string of the molecule is O=C(Nc1cccnc1)Nc1cccc(Oc2ncnc3[nH]ncc23)c1. The number of amides is 2. The topological polar surface area (TPSA) is 118 Å². The first-order valence-electron chi connectivity index (χ1n) is 7.68. The van der Waals surface area contributed by atoms with Crippen LogP contribution in [-0.4, -0.2) is 31.2 Å². The summed E-state index contributed by atoms with van der Waals surface area (Å²) in [6, 6.07) is 10.1. The minimum absolute atomic E-state index is 0.376. The van der Waals surface area contributed by atoms with Crippen molar-refractivity contribution in [1.29, 1.82) is 0 Å². The molecule has 0 aliphatic carbocycles. The maximum absolute atomic E-state index is 12.1. The molecule has 0 spiro atoms. The highest BCUT2D eigenvalue weighted by Crippen LogP contribution is 2.27. The number of nitrogens with one attached hydrogen (secondary N) is 3. The number of aromatic amines is 1. The van der Waals surface area contributed by atoms with Crippen LogP contribution in [0.2, 0.25) is 0 Å². The van der Waals surface area contributed by atoms with Gasteiger partial charge in [-0.15, -0.1) is 0 Å². The van der Waals surface area contributed by atoms with Gasteiger partial charge in [-0.2, -0.15) is 5.10 Å². The second kappa shape index (κ2) is 6.85. The highest BCUT2D eigenvalue weighted by atomic mass is 16.5. The standard InChI is InChI=1S/C17H13N7O2/c25-17(23-12-4-2-6-18-8-12)22-11-3-1-5-13(7-11)26-16-14-9-21-24-15(14)19-10-20-16/h1-10H,(H2,22,23,25)(H,19,20,21,24). The first kappa shape index (κ1) is 15.5. The van der Waals surface area contributed by atoms with E-state index in [0.29, 0.717) is 34.0 Å². The normalized spacial score (nSPS) is 10.5. The van der Waals surface area contributed by atoms with Gasteiger partial charge in [0.25, 0.3) is 0 Å². The first-order valence-corrected chi connectivity index (χ1v) is 7.68. The lowest BCUT2D eigenvalue weighted by Gasteiger charge is -2.09. The number of fused-ring (bicyclic) bond motifs is 1. The summed E-state index contributed by atoms with van der Waals surface area (Å²) in [6.45, 7) is 0. The average Bonchev–Trinajstić information content (AvgIpc) is 3.13. The minimum Gasteiger partial charge on any atom is -0.438 e. The van der Waals surface area contributed by atoms with Gasteiger partial charge < -0.3 is 15.4 Å². The number of H-pyrrole nitrogens is 1. The number of pyridine rings is 1. The zero-order chi connectivity index (χ0) is 17.8. The van der Waals surface area contributed by atoms with Crippen molar-refractivity contribution in [2.24, 2.45) is 0 Å². The third-order valence-corrected chi connectivity index (χ3v) is 3.44. The van der Waals surface area contributed by atoms with Crippen LogP contribution in [0.5, 0.6) is 11.6 Å². The predicted octanol–water partition coefficient (Wildman–Crippen LogP) is 3.18. The van der Waals surface area contributed by atoms with E-state index >= 15 is 0 Å². The maximum Gasteiger partial charge on any atom is 0.323 e. The number of carbonyl (C=O) groups is 1. The highest BCUT2D eigenvalue weighted by Gasteiger charge is 2.09. The summed E-state index contributed by atoms with van der Waals surface area (Å²) in [7, 11) is 0. The molecular formula is C17H13N7O2. The first-order chi connectivity index (χ1) is 12.8. The van der Waals surface area contributed by atoms with E-state index in [1.807, 2.05) is 0 Å². The van der Waals surface area contributed by atoms with E-state index in [1.165, 1.54) is 6.33 Å². The van der Waals surface area contributed by atoms with Gasteiger partial charge >= 0.3 is 6.03 Å². The fourth-order valence-electron chi connectivity index (χ4n) is 2.30. The van der Waals surface area contributed by atoms with Crippen molar-refractivity contribution in [2.45, 2.75) is 0 Å². The summed E-state index contributed by atoms with van der Waals surface area (Å²) in [5.74, 6) is 0.895. The molecule has 128 valence electrons. The number of nitrogens with zero attached hydrogens (tertiary/aromatic N) is 4. The summed E-state index contributed by atoms with van der Waals surface area (Å²) in [4.78, 5) is 24.2. The molecule has 0 bridgehead atoms. The van der Waals surface area contributed by atoms with Crippen LogP contribution in [-0.2, 0) is 0 Å². The number of rotatable bonds is 4. The molecule has 3 aromatic heterocycles. The van der Waals surface area contributed by atoms with Crippen molar-refractivity contribution in [1.82, 2.24) is 25.1 Å². The molecule has 0 fully saturated rings. The Bertz CT molecular complexity index is 1050. The van der Waals surface area contributed by atoms with Gasteiger partial charge in [0, 0.05) is 18.0 Å². The van der Waals surface area contributed by atoms with Crippen molar-refractivity contribution in [3.8, 4) is 11.6 Å². The van der Waals surface area contributed by atoms with Crippen LogP contribution in [0.4, 0.5) is 16.2 Å². The summed E-state index contributed by atoms with van der Waals surface area (Å²) < 4.78 is 5.80. The number of benzene rings is 1. The molecule has 1 aromatic carbocycles. The van der Waals surface area contributed by atoms with E-state index < -0.39 is 0 Å². The molecule has 0 aliphatic rings. The zero-order valence-corrected chi connectivity index (χ0v) is 13.4. The molecule has 4 rings (SSSR count). The molecule has 0 saturated heterocycles. The Kier molecular flexibility index (Phi) is 4.09. The van der Waals surface area contributed by atoms with Crippen LogP contribution in [0.1, 0.15) is 0 Å². The monoisotopic (exact) mass is 347 g/mol. The lowest BCUT2D eigenvalue weighted by molar-refractivity contribution is 0.262. The second-order valence-electron chi connectivity index (χ2n) is 5.26. The molecule has 0 unspecified atom stereocenters. The van der Waals surface area contributed by atoms with Gasteiger partial charge in [-0.3, -0.25) is 10.1 Å². The Labute approximate surface area is 147 Å². The van der Waals surface area contributed by atoms with Crippen LogP contribution < -0.4 is 15.4 Å². The van der Waals surface area contributed by atoms with Crippen molar-refractivity contribution < 1.29 is 9.53 Å². The Morgan fingerprint density at radius 1 is 1.04 bits per heavy atom. The number of anilines is 2. The minimum atomic E-state index is -0.380. The number of hydrogen-bond donors (Lipinski definition) is 3. The third-order valence-electron chi connectivity index (χ3n) is 3.44. The number of hydrogen-bond acceptors (Lipinski definition) is 6. The molecule has 0 aliphatic heterocycles. The van der Waals surface area contributed by atoms with Crippen LogP contribution in [0.3, 0.4) is 0 Å². The maximum atomic E-state index is 12.1. The second-order valence-corrected chi connectivity index (χ2v) is 5.26. The Morgan fingerprint density at radius 2 is 1.92 bits per heavy atom. The fraction of sp³-hybridized carbons (Fsp3) is 0. The Hall–Kier alpha value is -4.01. The van der Waals surface area contributed by atoms with E-state index in [1.54, 1.807) is 55.0 Å². The van der Waals surface area contributed by atoms with Crippen molar-refractivity contribution >= 4 is 28.4 Å². The van der Waals surface area contributed by atoms with E-state index in [4.69, 9.17) is 4.74 Å². The fourth-order valence-corrected chi connectivity index (χ4v) is 2.30. The van der Waals surface area contributed by atoms with Gasteiger partial charge in [-0.05, 0) is 24.3 Å². The molecule has 26 heavy (non-hydrogen) atoms. The molecule has 0 radical (unpaired) electrons. The van der Waals surface area contributed by atoms with Crippen LogP contribution in [0, 0.1) is 0 Å². The predicted molar refractivity (Wildman–Crippen MR) is 95.1 cm³/mol. The number of ether oxygens (including phenoxy) is 1. The molecule has 2 amide bonds. The summed E-state index contributed by atoms with van der Waals surface area (Å²) in [6.07, 6.45) is 6.17. The lowest BCUT2D eigenvalue weighted by atomic mass is 10.3. The number of urea groups is 1. The van der Waals surface area contributed by atoms with Crippen LogP contribution in [0.25, 0.3) is 11.0 Å². The molecule has 9 heteroatoms. The van der Waals surface area contributed by atoms with Crippen LogP contribution >= 0.6 is 0 Å². The van der Waals surface area contributed by atoms with Gasteiger partial charge in [0.05, 0.1) is 18.1 Å². The van der Waals surface area contributed by atoms with Gasteiger partial charge in [0.2, 0.25) is 5.88 Å². The number of carbonyl (C=O) groups excluding carboxylic acids is 1. The third kappa shape index (κ3) is 3.41. The van der Waals surface area contributed by atoms with E-state index in [-0.39, 0.29) is 6.03 Å². The average molecular weight is 347 g/mol.